The fourth-order valence-corrected chi connectivity index (χ4v) is 3.57. The number of amidine groups is 1. The highest BCUT2D eigenvalue weighted by Crippen LogP contribution is 2.39. The molecule has 0 bridgehead atoms. The van der Waals surface area contributed by atoms with Gasteiger partial charge in [0.1, 0.15) is 0 Å². The Hall–Kier alpha value is -0.160. The van der Waals surface area contributed by atoms with Crippen LogP contribution in [-0.4, -0.2) is 21.7 Å². The lowest BCUT2D eigenvalue weighted by molar-refractivity contribution is 0.177. The molecule has 0 aromatic heterocycles. The maximum atomic E-state index is 7.31. The predicted molar refractivity (Wildman–Crippen MR) is 80.3 cm³/mol. The molecule has 98 valence electrons. The van der Waals surface area contributed by atoms with Crippen LogP contribution in [0.3, 0.4) is 0 Å². The third kappa shape index (κ3) is 6.99. The van der Waals surface area contributed by atoms with Gasteiger partial charge < -0.3 is 5.73 Å². The maximum absolute atomic E-state index is 7.31. The Labute approximate surface area is 113 Å². The summed E-state index contributed by atoms with van der Waals surface area (Å²) < 4.78 is 0. The van der Waals surface area contributed by atoms with Crippen LogP contribution < -0.4 is 5.73 Å². The average Bonchev–Trinajstić information content (AvgIpc) is 2.17. The van der Waals surface area contributed by atoms with Gasteiger partial charge in [-0.05, 0) is 56.6 Å². The van der Waals surface area contributed by atoms with Gasteiger partial charge in [-0.1, -0.05) is 11.8 Å². The van der Waals surface area contributed by atoms with Crippen molar-refractivity contribution in [1.29, 1.82) is 10.8 Å². The first-order valence-electron chi connectivity index (χ1n) is 6.22. The molecule has 1 fully saturated rings. The van der Waals surface area contributed by atoms with Crippen LogP contribution in [-0.2, 0) is 0 Å². The second-order valence-electron chi connectivity index (χ2n) is 4.75. The minimum absolute atomic E-state index is 0.250. The first kappa shape index (κ1) is 14.9. The zero-order valence-corrected chi connectivity index (χ0v) is 12.1. The third-order valence-electron chi connectivity index (χ3n) is 3.19. The molecule has 0 aromatic rings. The van der Waals surface area contributed by atoms with Gasteiger partial charge in [-0.3, -0.25) is 10.8 Å². The van der Waals surface area contributed by atoms with E-state index in [4.69, 9.17) is 16.6 Å². The van der Waals surface area contributed by atoms with Crippen molar-refractivity contribution in [2.45, 2.75) is 39.0 Å². The van der Waals surface area contributed by atoms with E-state index in [-0.39, 0.29) is 5.17 Å². The first-order chi connectivity index (χ1) is 8.08. The molecule has 0 unspecified atom stereocenters. The summed E-state index contributed by atoms with van der Waals surface area (Å²) in [5.41, 5.74) is 5.30. The molecule has 0 amide bonds. The molecule has 0 aliphatic heterocycles. The number of hydrogen-bond donors (Lipinski definition) is 3. The highest BCUT2D eigenvalue weighted by atomic mass is 32.2. The van der Waals surface area contributed by atoms with Gasteiger partial charge in [-0.25, -0.2) is 0 Å². The van der Waals surface area contributed by atoms with Crippen molar-refractivity contribution in [3.8, 4) is 0 Å². The van der Waals surface area contributed by atoms with Gasteiger partial charge in [0.2, 0.25) is 0 Å². The second kappa shape index (κ2) is 8.03. The molecule has 3 nitrogen and oxygen atoms in total. The summed E-state index contributed by atoms with van der Waals surface area (Å²) >= 11 is 3.14. The van der Waals surface area contributed by atoms with Gasteiger partial charge in [0.25, 0.3) is 0 Å². The van der Waals surface area contributed by atoms with E-state index < -0.39 is 0 Å². The van der Waals surface area contributed by atoms with E-state index in [1.165, 1.54) is 43.9 Å². The van der Waals surface area contributed by atoms with Crippen molar-refractivity contribution in [2.24, 2.45) is 17.6 Å². The highest BCUT2D eigenvalue weighted by Gasteiger charge is 2.27. The normalized spacial score (nSPS) is 23.1. The van der Waals surface area contributed by atoms with Crippen molar-refractivity contribution in [3.63, 3.8) is 0 Å². The molecule has 0 aromatic carbocycles. The van der Waals surface area contributed by atoms with Crippen molar-refractivity contribution >= 4 is 33.7 Å². The lowest BCUT2D eigenvalue weighted by Gasteiger charge is -2.35. The van der Waals surface area contributed by atoms with E-state index in [2.05, 4.69) is 0 Å². The van der Waals surface area contributed by atoms with Crippen molar-refractivity contribution in [3.05, 3.63) is 0 Å². The molecule has 0 atom stereocenters. The lowest BCUT2D eigenvalue weighted by Crippen LogP contribution is -2.24. The Kier molecular flexibility index (Phi) is 7.04. The lowest BCUT2D eigenvalue weighted by atomic mass is 9.72. The van der Waals surface area contributed by atoms with E-state index in [0.717, 1.165) is 28.4 Å². The van der Waals surface area contributed by atoms with E-state index in [9.17, 15) is 0 Å². The van der Waals surface area contributed by atoms with Gasteiger partial charge in [0, 0.05) is 5.75 Å². The summed E-state index contributed by atoms with van der Waals surface area (Å²) in [6.07, 6.45) is 6.53. The molecule has 0 heterocycles. The molecule has 1 rings (SSSR count). The van der Waals surface area contributed by atoms with Crippen LogP contribution in [0.5, 0.6) is 0 Å². The summed E-state index contributed by atoms with van der Waals surface area (Å²) in [6, 6.07) is 0. The molecule has 5 heteroatoms. The Morgan fingerprint density at radius 1 is 1.12 bits per heavy atom. The number of nitrogens with one attached hydrogen (secondary N) is 2. The van der Waals surface area contributed by atoms with Crippen LogP contribution in [0.2, 0.25) is 0 Å². The van der Waals surface area contributed by atoms with Crippen molar-refractivity contribution < 1.29 is 0 Å². The summed E-state index contributed by atoms with van der Waals surface area (Å²) in [6.45, 7) is 1.86. The topological polar surface area (TPSA) is 73.7 Å². The molecular weight excluding hydrogens is 250 g/mol. The minimum atomic E-state index is 0.250. The number of hydrogen-bond acceptors (Lipinski definition) is 4. The summed E-state index contributed by atoms with van der Waals surface area (Å²) in [4.78, 5) is 0. The molecular formula is C12H23N3S2. The fraction of sp³-hybridized carbons (Fsp3) is 0.833. The Morgan fingerprint density at radius 2 is 1.76 bits per heavy atom. The standard InChI is InChI=1S/C12H23N3S2/c1-9(13)16-5-2-3-10-7-11(8-10)4-6-17-12(14)15/h10-11,13H,2-8H2,1H3,(H3,14,15). The fourth-order valence-electron chi connectivity index (χ4n) is 2.28. The molecule has 17 heavy (non-hydrogen) atoms. The first-order valence-corrected chi connectivity index (χ1v) is 8.19. The molecule has 0 saturated heterocycles. The number of nitrogens with two attached hydrogens (primary N) is 1. The van der Waals surface area contributed by atoms with Crippen LogP contribution in [0, 0.1) is 22.7 Å². The predicted octanol–water partition coefficient (Wildman–Crippen LogP) is 3.54. The van der Waals surface area contributed by atoms with E-state index in [1.54, 1.807) is 11.8 Å². The average molecular weight is 273 g/mol. The zero-order chi connectivity index (χ0) is 12.7. The van der Waals surface area contributed by atoms with Gasteiger partial charge >= 0.3 is 0 Å². The van der Waals surface area contributed by atoms with Crippen molar-refractivity contribution in [2.75, 3.05) is 11.5 Å². The van der Waals surface area contributed by atoms with Gasteiger partial charge in [0.05, 0.1) is 5.04 Å². The largest absolute Gasteiger partial charge is 0.379 e. The van der Waals surface area contributed by atoms with Crippen LogP contribution in [0.1, 0.15) is 39.0 Å². The molecule has 1 saturated carbocycles. The molecule has 4 N–H and O–H groups in total. The van der Waals surface area contributed by atoms with Crippen molar-refractivity contribution in [1.82, 2.24) is 0 Å². The minimum Gasteiger partial charge on any atom is -0.379 e. The smallest absolute Gasteiger partial charge is 0.151 e. The Morgan fingerprint density at radius 3 is 2.35 bits per heavy atom. The maximum Gasteiger partial charge on any atom is 0.151 e. The molecule has 0 spiro atoms. The van der Waals surface area contributed by atoms with E-state index in [1.807, 2.05) is 6.92 Å². The Balaban J connectivity index is 1.89. The van der Waals surface area contributed by atoms with Crippen LogP contribution in [0.25, 0.3) is 0 Å². The van der Waals surface area contributed by atoms with E-state index >= 15 is 0 Å². The van der Waals surface area contributed by atoms with Crippen LogP contribution in [0.4, 0.5) is 0 Å². The van der Waals surface area contributed by atoms with Crippen LogP contribution in [0.15, 0.2) is 0 Å². The number of rotatable bonds is 7. The van der Waals surface area contributed by atoms with Gasteiger partial charge in [-0.2, -0.15) is 0 Å². The van der Waals surface area contributed by atoms with Crippen LogP contribution >= 0.6 is 23.5 Å². The highest BCUT2D eigenvalue weighted by molar-refractivity contribution is 8.13. The van der Waals surface area contributed by atoms with E-state index in [0.29, 0.717) is 0 Å². The van der Waals surface area contributed by atoms with Gasteiger partial charge in [-0.15, -0.1) is 11.8 Å². The molecule has 1 aliphatic rings. The number of thioether (sulfide) groups is 2. The van der Waals surface area contributed by atoms with Gasteiger partial charge in [0.15, 0.2) is 5.17 Å². The third-order valence-corrected chi connectivity index (χ3v) is 4.87. The quantitative estimate of drug-likeness (QED) is 0.377. The molecule has 1 aliphatic carbocycles. The second-order valence-corrected chi connectivity index (χ2v) is 7.20. The summed E-state index contributed by atoms with van der Waals surface area (Å²) in [5, 5.41) is 15.4. The molecule has 0 radical (unpaired) electrons. The summed E-state index contributed by atoms with van der Waals surface area (Å²) in [5.74, 6) is 3.92. The zero-order valence-electron chi connectivity index (χ0n) is 10.5. The monoisotopic (exact) mass is 273 g/mol. The Bertz CT molecular complexity index is 262. The SMILES string of the molecule is CC(=N)SCCCC1CC(CCSC(=N)N)C1. The summed E-state index contributed by atoms with van der Waals surface area (Å²) in [7, 11) is 0.